The number of hydrogen-bond acceptors (Lipinski definition) is 3. The van der Waals surface area contributed by atoms with Crippen molar-refractivity contribution in [3.63, 3.8) is 0 Å². The largest absolute Gasteiger partial charge is 0.497 e. The predicted molar refractivity (Wildman–Crippen MR) is 146 cm³/mol. The summed E-state index contributed by atoms with van der Waals surface area (Å²) in [5, 5.41) is 0.920. The average molecular weight is 476 g/mol. The monoisotopic (exact) mass is 475 g/mol. The maximum absolute atomic E-state index is 12.6. The summed E-state index contributed by atoms with van der Waals surface area (Å²) in [6.07, 6.45) is 19.8. The number of esters is 1. The van der Waals surface area contributed by atoms with Crippen molar-refractivity contribution < 1.29 is 14.3 Å². The van der Waals surface area contributed by atoms with Crippen LogP contribution < -0.4 is 9.47 Å². The molecule has 0 fully saturated rings. The molecule has 0 aliphatic rings. The number of methoxy groups -OCH3 is 1. The summed E-state index contributed by atoms with van der Waals surface area (Å²) >= 11 is 0. The molecular formula is C31H41NO3. The summed E-state index contributed by atoms with van der Waals surface area (Å²) in [6, 6.07) is 15.4. The number of allylic oxidation sites excluding steroid dienone is 2. The number of unbranched alkanes of at least 4 members (excludes halogenated alkanes) is 9. The highest BCUT2D eigenvalue weighted by atomic mass is 16.5. The zero-order valence-corrected chi connectivity index (χ0v) is 21.5. The van der Waals surface area contributed by atoms with Gasteiger partial charge in [-0.1, -0.05) is 69.7 Å². The van der Waals surface area contributed by atoms with E-state index in [2.05, 4.69) is 30.1 Å². The molecule has 0 radical (unpaired) electrons. The Bertz CT molecular complexity index is 1070. The molecule has 0 amide bonds. The molecular weight excluding hydrogens is 434 g/mol. The molecule has 3 rings (SSSR count). The number of fused-ring (bicyclic) bond motifs is 1. The minimum Gasteiger partial charge on any atom is -0.497 e. The van der Waals surface area contributed by atoms with Crippen LogP contribution in [0.4, 0.5) is 0 Å². The molecule has 0 spiro atoms. The van der Waals surface area contributed by atoms with E-state index >= 15 is 0 Å². The van der Waals surface area contributed by atoms with E-state index in [0.717, 1.165) is 29.5 Å². The van der Waals surface area contributed by atoms with Crippen molar-refractivity contribution in [2.75, 3.05) is 7.11 Å². The van der Waals surface area contributed by atoms with Gasteiger partial charge in [-0.05, 0) is 80.5 Å². The Morgan fingerprint density at radius 3 is 2.34 bits per heavy atom. The number of aryl methyl sites for hydroxylation is 1. The van der Waals surface area contributed by atoms with Crippen LogP contribution in [0.2, 0.25) is 0 Å². The maximum Gasteiger partial charge on any atom is 0.360 e. The summed E-state index contributed by atoms with van der Waals surface area (Å²) in [5.74, 6) is 0.965. The molecule has 188 valence electrons. The lowest BCUT2D eigenvalue weighted by molar-refractivity contribution is 0.0729. The van der Waals surface area contributed by atoms with Crippen molar-refractivity contribution in [3.8, 4) is 11.5 Å². The molecule has 0 saturated heterocycles. The van der Waals surface area contributed by atoms with Gasteiger partial charge in [-0.25, -0.2) is 4.79 Å². The van der Waals surface area contributed by atoms with E-state index in [-0.39, 0.29) is 5.97 Å². The second-order valence-corrected chi connectivity index (χ2v) is 9.30. The van der Waals surface area contributed by atoms with Crippen LogP contribution in [-0.4, -0.2) is 18.1 Å². The molecule has 0 aliphatic carbocycles. The Hall–Kier alpha value is -3.01. The first-order valence-corrected chi connectivity index (χ1v) is 13.3. The quantitative estimate of drug-likeness (QED) is 0.0974. The number of benzene rings is 2. The lowest BCUT2D eigenvalue weighted by atomic mass is 10.0. The minimum atomic E-state index is -0.382. The van der Waals surface area contributed by atoms with Crippen LogP contribution in [0.5, 0.6) is 11.5 Å². The van der Waals surface area contributed by atoms with Gasteiger partial charge in [-0.15, -0.1) is 0 Å². The molecule has 0 unspecified atom stereocenters. The van der Waals surface area contributed by atoms with Gasteiger partial charge in [0.1, 0.15) is 17.2 Å². The van der Waals surface area contributed by atoms with E-state index in [1.54, 1.807) is 13.2 Å². The SMILES string of the molecule is CCCCCC/C=C\CCCCCCCc1cccc(OC(=O)c2cc3cc(OC)ccc3[nH]2)c1. The number of H-pyrrole nitrogens is 1. The number of carbonyl (C=O) groups excluding carboxylic acids is 1. The van der Waals surface area contributed by atoms with Gasteiger partial charge in [0.25, 0.3) is 0 Å². The summed E-state index contributed by atoms with van der Waals surface area (Å²) in [4.78, 5) is 15.8. The summed E-state index contributed by atoms with van der Waals surface area (Å²) < 4.78 is 10.9. The Balaban J connectivity index is 1.33. The third kappa shape index (κ3) is 9.28. The normalized spacial score (nSPS) is 11.4. The fourth-order valence-electron chi connectivity index (χ4n) is 4.32. The molecule has 1 N–H and O–H groups in total. The number of aromatic nitrogens is 1. The van der Waals surface area contributed by atoms with Crippen LogP contribution in [0.25, 0.3) is 10.9 Å². The van der Waals surface area contributed by atoms with Gasteiger partial charge in [0.15, 0.2) is 0 Å². The topological polar surface area (TPSA) is 51.3 Å². The Labute approximate surface area is 210 Å². The van der Waals surface area contributed by atoms with Gasteiger partial charge in [0.2, 0.25) is 0 Å². The standard InChI is InChI=1S/C31H41NO3/c1-3-4-5-6-7-8-9-10-11-12-13-14-15-17-25-18-16-19-28(22-25)35-31(33)30-24-26-23-27(34-2)20-21-29(26)32-30/h8-9,16,18-24,32H,3-7,10-15,17H2,1-2H3/b9-8-. The second kappa shape index (κ2) is 15.1. The Morgan fingerprint density at radius 2 is 1.57 bits per heavy atom. The summed E-state index contributed by atoms with van der Waals surface area (Å²) in [7, 11) is 1.63. The van der Waals surface area contributed by atoms with E-state index in [0.29, 0.717) is 11.4 Å². The maximum atomic E-state index is 12.6. The predicted octanol–water partition coefficient (Wildman–Crippen LogP) is 8.81. The van der Waals surface area contributed by atoms with Crippen LogP contribution in [-0.2, 0) is 6.42 Å². The first kappa shape index (κ1) is 26.6. The summed E-state index contributed by atoms with van der Waals surface area (Å²) in [5.41, 5.74) is 2.53. The first-order chi connectivity index (χ1) is 17.2. The van der Waals surface area contributed by atoms with Gasteiger partial charge >= 0.3 is 5.97 Å². The zero-order valence-electron chi connectivity index (χ0n) is 21.5. The van der Waals surface area contributed by atoms with Crippen molar-refractivity contribution in [1.82, 2.24) is 4.98 Å². The van der Waals surface area contributed by atoms with E-state index in [4.69, 9.17) is 9.47 Å². The summed E-state index contributed by atoms with van der Waals surface area (Å²) in [6.45, 7) is 2.26. The number of hydrogen-bond donors (Lipinski definition) is 1. The third-order valence-electron chi connectivity index (χ3n) is 6.38. The highest BCUT2D eigenvalue weighted by Gasteiger charge is 2.13. The smallest absolute Gasteiger partial charge is 0.360 e. The Kier molecular flexibility index (Phi) is 11.5. The zero-order chi connectivity index (χ0) is 24.7. The molecule has 2 aromatic carbocycles. The molecule has 0 bridgehead atoms. The van der Waals surface area contributed by atoms with E-state index in [1.807, 2.05) is 36.4 Å². The number of aromatic amines is 1. The van der Waals surface area contributed by atoms with Crippen LogP contribution >= 0.6 is 0 Å². The van der Waals surface area contributed by atoms with Crippen molar-refractivity contribution in [3.05, 3.63) is 71.9 Å². The van der Waals surface area contributed by atoms with E-state index in [9.17, 15) is 4.79 Å². The number of carbonyl (C=O) groups is 1. The van der Waals surface area contributed by atoms with E-state index < -0.39 is 0 Å². The highest BCUT2D eigenvalue weighted by molar-refractivity contribution is 5.96. The van der Waals surface area contributed by atoms with Gasteiger partial charge in [0.05, 0.1) is 7.11 Å². The number of nitrogens with one attached hydrogen (secondary N) is 1. The lowest BCUT2D eigenvalue weighted by Gasteiger charge is -2.06. The third-order valence-corrected chi connectivity index (χ3v) is 6.38. The molecule has 0 saturated carbocycles. The molecule has 4 nitrogen and oxygen atoms in total. The number of rotatable bonds is 16. The van der Waals surface area contributed by atoms with Crippen LogP contribution in [0, 0.1) is 0 Å². The van der Waals surface area contributed by atoms with Gasteiger partial charge in [0, 0.05) is 10.9 Å². The first-order valence-electron chi connectivity index (χ1n) is 13.3. The van der Waals surface area contributed by atoms with Gasteiger partial charge < -0.3 is 14.5 Å². The van der Waals surface area contributed by atoms with Crippen molar-refractivity contribution >= 4 is 16.9 Å². The molecule has 0 aliphatic heterocycles. The fourth-order valence-corrected chi connectivity index (χ4v) is 4.32. The van der Waals surface area contributed by atoms with E-state index in [1.165, 1.54) is 69.8 Å². The molecule has 0 atom stereocenters. The number of ether oxygens (including phenoxy) is 2. The van der Waals surface area contributed by atoms with Gasteiger partial charge in [-0.3, -0.25) is 0 Å². The molecule has 1 aromatic heterocycles. The van der Waals surface area contributed by atoms with Crippen LogP contribution in [0.1, 0.15) is 93.6 Å². The van der Waals surface area contributed by atoms with Crippen molar-refractivity contribution in [2.24, 2.45) is 0 Å². The average Bonchev–Trinajstić information content (AvgIpc) is 3.31. The van der Waals surface area contributed by atoms with Crippen LogP contribution in [0.3, 0.4) is 0 Å². The van der Waals surface area contributed by atoms with Crippen LogP contribution in [0.15, 0.2) is 60.7 Å². The van der Waals surface area contributed by atoms with Gasteiger partial charge in [-0.2, -0.15) is 0 Å². The van der Waals surface area contributed by atoms with Crippen molar-refractivity contribution in [2.45, 2.75) is 84.0 Å². The highest BCUT2D eigenvalue weighted by Crippen LogP contribution is 2.23. The van der Waals surface area contributed by atoms with Crippen molar-refractivity contribution in [1.29, 1.82) is 0 Å². The molecule has 4 heteroatoms. The minimum absolute atomic E-state index is 0.382. The molecule has 35 heavy (non-hydrogen) atoms. The second-order valence-electron chi connectivity index (χ2n) is 9.30. The molecule has 1 heterocycles. The fraction of sp³-hybridized carbons (Fsp3) is 0.452. The lowest BCUT2D eigenvalue weighted by Crippen LogP contribution is -2.08. The Morgan fingerprint density at radius 1 is 0.829 bits per heavy atom. The molecule has 3 aromatic rings.